The second-order valence-electron chi connectivity index (χ2n) is 5.15. The van der Waals surface area contributed by atoms with E-state index in [1.54, 1.807) is 0 Å². The molecular weight excluding hydrogens is 220 g/mol. The van der Waals surface area contributed by atoms with E-state index in [1.165, 1.54) is 50.2 Å². The van der Waals surface area contributed by atoms with Gasteiger partial charge in [0, 0.05) is 12.8 Å². The van der Waals surface area contributed by atoms with Gasteiger partial charge < -0.3 is 0 Å². The number of amidine groups is 1. The summed E-state index contributed by atoms with van der Waals surface area (Å²) in [7, 11) is 0. The van der Waals surface area contributed by atoms with Gasteiger partial charge in [0.05, 0.1) is 19.3 Å². The molecule has 0 radical (unpaired) electrons. The van der Waals surface area contributed by atoms with Gasteiger partial charge in [-0.3, -0.25) is 4.58 Å². The highest BCUT2D eigenvalue weighted by Crippen LogP contribution is 2.15. The quantitative estimate of drug-likeness (QED) is 0.721. The maximum Gasteiger partial charge on any atom is 0.251 e. The first-order valence-electron chi connectivity index (χ1n) is 7.01. The lowest BCUT2D eigenvalue weighted by molar-refractivity contribution is -0.554. The van der Waals surface area contributed by atoms with Crippen molar-refractivity contribution in [3.05, 3.63) is 48.2 Å². The Morgan fingerprint density at radius 1 is 1.11 bits per heavy atom. The van der Waals surface area contributed by atoms with Gasteiger partial charge in [-0.25, -0.2) is 4.90 Å². The van der Waals surface area contributed by atoms with E-state index in [0.29, 0.717) is 0 Å². The molecule has 1 aromatic rings. The van der Waals surface area contributed by atoms with E-state index in [2.05, 4.69) is 52.1 Å². The molecular formula is C16H21N2+. The highest BCUT2D eigenvalue weighted by atomic mass is 15.2. The van der Waals surface area contributed by atoms with Crippen molar-refractivity contribution in [2.24, 2.45) is 0 Å². The van der Waals surface area contributed by atoms with Crippen LogP contribution in [0.25, 0.3) is 0 Å². The molecule has 0 atom stereocenters. The van der Waals surface area contributed by atoms with Crippen LogP contribution in [0, 0.1) is 0 Å². The van der Waals surface area contributed by atoms with Crippen molar-refractivity contribution < 1.29 is 4.58 Å². The summed E-state index contributed by atoms with van der Waals surface area (Å²) in [6, 6.07) is 10.8. The highest BCUT2D eigenvalue weighted by molar-refractivity contribution is 5.79. The Bertz CT molecular complexity index is 459. The molecule has 1 aromatic carbocycles. The number of nitrogens with zero attached hydrogens (tertiary/aromatic N) is 2. The molecule has 94 valence electrons. The Balaban J connectivity index is 1.86. The second-order valence-corrected chi connectivity index (χ2v) is 5.15. The second kappa shape index (κ2) is 5.38. The predicted octanol–water partition coefficient (Wildman–Crippen LogP) is 3.00. The minimum absolute atomic E-state index is 1.06. The van der Waals surface area contributed by atoms with Crippen LogP contribution >= 0.6 is 0 Å². The Morgan fingerprint density at radius 2 is 2.00 bits per heavy atom. The smallest absolute Gasteiger partial charge is 0.251 e. The van der Waals surface area contributed by atoms with Crippen molar-refractivity contribution >= 4 is 5.84 Å². The molecule has 0 unspecified atom stereocenters. The Morgan fingerprint density at radius 3 is 2.89 bits per heavy atom. The van der Waals surface area contributed by atoms with Crippen LogP contribution in [0.5, 0.6) is 0 Å². The third kappa shape index (κ3) is 2.47. The summed E-state index contributed by atoms with van der Waals surface area (Å²) < 4.78 is 2.56. The maximum atomic E-state index is 2.56. The molecule has 0 bridgehead atoms. The van der Waals surface area contributed by atoms with E-state index in [9.17, 15) is 0 Å². The van der Waals surface area contributed by atoms with Gasteiger partial charge in [-0.05, 0) is 24.5 Å². The summed E-state index contributed by atoms with van der Waals surface area (Å²) in [5.41, 5.74) is 1.42. The topological polar surface area (TPSA) is 6.25 Å². The number of hydrogen-bond donors (Lipinski definition) is 0. The minimum Gasteiger partial charge on any atom is -0.261 e. The van der Waals surface area contributed by atoms with Gasteiger partial charge in [-0.15, -0.1) is 0 Å². The molecule has 0 aromatic heterocycles. The van der Waals surface area contributed by atoms with E-state index in [-0.39, 0.29) is 0 Å². The molecule has 0 aliphatic carbocycles. The van der Waals surface area contributed by atoms with Crippen LogP contribution in [0.2, 0.25) is 0 Å². The van der Waals surface area contributed by atoms with Crippen LogP contribution in [-0.2, 0) is 6.54 Å². The zero-order chi connectivity index (χ0) is 12.2. The van der Waals surface area contributed by atoms with Gasteiger partial charge in [0.25, 0.3) is 5.84 Å². The van der Waals surface area contributed by atoms with Gasteiger partial charge in [-0.1, -0.05) is 30.3 Å². The molecule has 2 heteroatoms. The Hall–Kier alpha value is -1.57. The summed E-state index contributed by atoms with van der Waals surface area (Å²) in [4.78, 5) is 2.46. The molecule has 0 fully saturated rings. The van der Waals surface area contributed by atoms with Crippen LogP contribution in [0.4, 0.5) is 0 Å². The highest BCUT2D eigenvalue weighted by Gasteiger charge is 2.26. The number of rotatable bonds is 2. The summed E-state index contributed by atoms with van der Waals surface area (Å²) in [5.74, 6) is 1.53. The van der Waals surface area contributed by atoms with Gasteiger partial charge >= 0.3 is 0 Å². The van der Waals surface area contributed by atoms with Crippen molar-refractivity contribution in [1.29, 1.82) is 0 Å². The normalized spacial score (nSPS) is 19.7. The van der Waals surface area contributed by atoms with Crippen LogP contribution in [0.15, 0.2) is 42.6 Å². The van der Waals surface area contributed by atoms with Crippen LogP contribution in [-0.4, -0.2) is 28.4 Å². The van der Waals surface area contributed by atoms with Gasteiger partial charge in [0.15, 0.2) is 0 Å². The number of benzene rings is 1. The molecule has 18 heavy (non-hydrogen) atoms. The standard InChI is InChI=1S/C16H21N2/c1-3-8-15(9-4-1)14-18-13-7-12-17-11-6-2-5-10-16(17)18/h1,3-4,6,8-9,11H,2,5,7,10,12-14H2/q+1. The van der Waals surface area contributed by atoms with Crippen molar-refractivity contribution in [3.8, 4) is 0 Å². The molecule has 0 spiro atoms. The molecule has 2 heterocycles. The number of allylic oxidation sites excluding steroid dienone is 1. The first-order valence-corrected chi connectivity index (χ1v) is 7.01. The first-order chi connectivity index (χ1) is 8.93. The average molecular weight is 241 g/mol. The third-order valence-corrected chi connectivity index (χ3v) is 3.80. The van der Waals surface area contributed by atoms with Crippen LogP contribution in [0.1, 0.15) is 31.2 Å². The summed E-state index contributed by atoms with van der Waals surface area (Å²) in [6.45, 7) is 3.45. The molecule has 0 saturated carbocycles. The fourth-order valence-corrected chi connectivity index (χ4v) is 2.89. The predicted molar refractivity (Wildman–Crippen MR) is 74.6 cm³/mol. The fraction of sp³-hybridized carbons (Fsp3) is 0.438. The van der Waals surface area contributed by atoms with E-state index in [0.717, 1.165) is 6.54 Å². The first kappa shape index (κ1) is 11.5. The van der Waals surface area contributed by atoms with E-state index in [1.807, 2.05) is 0 Å². The van der Waals surface area contributed by atoms with Crippen molar-refractivity contribution in [1.82, 2.24) is 4.90 Å². The van der Waals surface area contributed by atoms with Gasteiger partial charge in [0.2, 0.25) is 0 Å². The summed E-state index contributed by atoms with van der Waals surface area (Å²) in [6.07, 6.45) is 9.60. The summed E-state index contributed by atoms with van der Waals surface area (Å²) >= 11 is 0. The largest absolute Gasteiger partial charge is 0.261 e. The van der Waals surface area contributed by atoms with Crippen molar-refractivity contribution in [3.63, 3.8) is 0 Å². The Labute approximate surface area is 109 Å². The van der Waals surface area contributed by atoms with E-state index >= 15 is 0 Å². The molecule has 0 saturated heterocycles. The lowest BCUT2D eigenvalue weighted by atomic mass is 10.1. The lowest BCUT2D eigenvalue weighted by Crippen LogP contribution is -2.40. The van der Waals surface area contributed by atoms with Crippen LogP contribution < -0.4 is 0 Å². The van der Waals surface area contributed by atoms with Crippen molar-refractivity contribution in [2.75, 3.05) is 13.1 Å². The average Bonchev–Trinajstić information content (AvgIpc) is 2.66. The van der Waals surface area contributed by atoms with E-state index < -0.39 is 0 Å². The molecule has 2 aliphatic heterocycles. The van der Waals surface area contributed by atoms with Gasteiger partial charge in [-0.2, -0.15) is 0 Å². The Kier molecular flexibility index (Phi) is 3.44. The van der Waals surface area contributed by atoms with Crippen molar-refractivity contribution in [2.45, 2.75) is 32.2 Å². The number of fused-ring (bicyclic) bond motifs is 1. The monoisotopic (exact) mass is 241 g/mol. The molecule has 3 rings (SSSR count). The molecule has 2 aliphatic rings. The molecule has 2 nitrogen and oxygen atoms in total. The van der Waals surface area contributed by atoms with Gasteiger partial charge in [0.1, 0.15) is 6.54 Å². The molecule has 0 N–H and O–H groups in total. The van der Waals surface area contributed by atoms with Crippen LogP contribution in [0.3, 0.4) is 0 Å². The molecule has 0 amide bonds. The minimum atomic E-state index is 1.06. The number of hydrogen-bond acceptors (Lipinski definition) is 1. The third-order valence-electron chi connectivity index (χ3n) is 3.80. The fourth-order valence-electron chi connectivity index (χ4n) is 2.89. The zero-order valence-corrected chi connectivity index (χ0v) is 10.9. The van der Waals surface area contributed by atoms with E-state index in [4.69, 9.17) is 0 Å². The lowest BCUT2D eigenvalue weighted by Gasteiger charge is -2.24. The SMILES string of the molecule is C1=CN2CCC[N+](Cc3ccccc3)=C2CCC1. The maximum absolute atomic E-state index is 2.56. The zero-order valence-electron chi connectivity index (χ0n) is 10.9. The summed E-state index contributed by atoms with van der Waals surface area (Å²) in [5, 5.41) is 0.